The van der Waals surface area contributed by atoms with E-state index in [9.17, 15) is 9.59 Å². The van der Waals surface area contributed by atoms with Crippen molar-refractivity contribution in [2.45, 2.75) is 20.3 Å². The molecule has 0 aromatic rings. The van der Waals surface area contributed by atoms with Crippen LogP contribution in [0.2, 0.25) is 0 Å². The largest absolute Gasteiger partial charge is 0.350 e. The molecule has 6 nitrogen and oxygen atoms in total. The van der Waals surface area contributed by atoms with E-state index < -0.39 is 12.1 Å². The molecule has 13 heavy (non-hydrogen) atoms. The van der Waals surface area contributed by atoms with Crippen molar-refractivity contribution in [2.24, 2.45) is 11.5 Å². The van der Waals surface area contributed by atoms with E-state index >= 15 is 0 Å². The van der Waals surface area contributed by atoms with Crippen LogP contribution in [-0.4, -0.2) is 35.2 Å². The molecule has 0 saturated heterocycles. The molecule has 0 rings (SSSR count). The number of primary amides is 2. The number of nitrogens with two attached hydrogens (primary N) is 2. The van der Waals surface area contributed by atoms with E-state index in [0.717, 1.165) is 10.0 Å². The lowest BCUT2D eigenvalue weighted by Gasteiger charge is -2.30. The van der Waals surface area contributed by atoms with Gasteiger partial charge in [0.1, 0.15) is 0 Å². The smallest absolute Gasteiger partial charge is 0.333 e. The van der Waals surface area contributed by atoms with Gasteiger partial charge in [-0.05, 0) is 13.3 Å². The number of hydrazine groups is 1. The number of carbonyl (C=O) groups excluding carboxylic acids is 2. The summed E-state index contributed by atoms with van der Waals surface area (Å²) in [6, 6.07) is -1.34. The van der Waals surface area contributed by atoms with Crippen LogP contribution >= 0.6 is 0 Å². The van der Waals surface area contributed by atoms with Crippen molar-refractivity contribution in [2.75, 3.05) is 13.1 Å². The maximum atomic E-state index is 10.9. The van der Waals surface area contributed by atoms with E-state index in [1.54, 1.807) is 6.92 Å². The Kier molecular flexibility index (Phi) is 4.64. The first-order valence-corrected chi connectivity index (χ1v) is 4.18. The average molecular weight is 188 g/mol. The first-order valence-electron chi connectivity index (χ1n) is 4.18. The SMILES string of the molecule is CCCN(C(N)=O)N(CC)C(N)=O. The molecule has 0 aliphatic rings. The number of hydrogen-bond donors (Lipinski definition) is 2. The number of nitrogens with zero attached hydrogens (tertiary/aromatic N) is 2. The van der Waals surface area contributed by atoms with Gasteiger partial charge in [0.15, 0.2) is 0 Å². The third-order valence-electron chi connectivity index (χ3n) is 1.54. The number of rotatable bonds is 3. The lowest BCUT2D eigenvalue weighted by atomic mass is 10.5. The molecule has 0 heterocycles. The zero-order chi connectivity index (χ0) is 10.4. The molecule has 0 saturated carbocycles. The third kappa shape index (κ3) is 3.18. The minimum atomic E-state index is -0.672. The van der Waals surface area contributed by atoms with Gasteiger partial charge in [-0.15, -0.1) is 0 Å². The van der Waals surface area contributed by atoms with Crippen molar-refractivity contribution in [1.82, 2.24) is 10.0 Å². The minimum Gasteiger partial charge on any atom is -0.350 e. The molecular formula is C7H16N4O2. The van der Waals surface area contributed by atoms with Gasteiger partial charge in [-0.3, -0.25) is 0 Å². The number of hydrogen-bond acceptors (Lipinski definition) is 2. The second-order valence-electron chi connectivity index (χ2n) is 2.52. The molecule has 0 aromatic heterocycles. The zero-order valence-corrected chi connectivity index (χ0v) is 7.99. The number of urea groups is 2. The van der Waals surface area contributed by atoms with Crippen molar-refractivity contribution in [3.05, 3.63) is 0 Å². The average Bonchev–Trinajstić information content (AvgIpc) is 2.03. The second-order valence-corrected chi connectivity index (χ2v) is 2.52. The summed E-state index contributed by atoms with van der Waals surface area (Å²) >= 11 is 0. The Morgan fingerprint density at radius 2 is 1.54 bits per heavy atom. The third-order valence-corrected chi connectivity index (χ3v) is 1.54. The molecule has 0 fully saturated rings. The Hall–Kier alpha value is -1.46. The van der Waals surface area contributed by atoms with Crippen LogP contribution in [0.3, 0.4) is 0 Å². The Labute approximate surface area is 77.4 Å². The summed E-state index contributed by atoms with van der Waals surface area (Å²) < 4.78 is 0. The predicted molar refractivity (Wildman–Crippen MR) is 48.5 cm³/mol. The second kappa shape index (κ2) is 5.23. The van der Waals surface area contributed by atoms with Crippen LogP contribution in [-0.2, 0) is 0 Å². The van der Waals surface area contributed by atoms with Crippen molar-refractivity contribution < 1.29 is 9.59 Å². The summed E-state index contributed by atoms with van der Waals surface area (Å²) in [6.45, 7) is 4.32. The van der Waals surface area contributed by atoms with E-state index in [1.807, 2.05) is 6.92 Å². The van der Waals surface area contributed by atoms with Gasteiger partial charge in [-0.2, -0.15) is 0 Å². The van der Waals surface area contributed by atoms with Crippen LogP contribution in [0.5, 0.6) is 0 Å². The molecule has 0 bridgehead atoms. The molecule has 0 unspecified atom stereocenters. The maximum Gasteiger partial charge on any atom is 0.333 e. The van der Waals surface area contributed by atoms with Crippen molar-refractivity contribution in [3.63, 3.8) is 0 Å². The summed E-state index contributed by atoms with van der Waals surface area (Å²) in [5, 5.41) is 2.26. The Balaban J connectivity index is 4.48. The summed E-state index contributed by atoms with van der Waals surface area (Å²) in [5.74, 6) is 0. The first kappa shape index (κ1) is 11.5. The Bertz CT molecular complexity index is 195. The van der Waals surface area contributed by atoms with Crippen molar-refractivity contribution >= 4 is 12.1 Å². The number of amides is 4. The van der Waals surface area contributed by atoms with Gasteiger partial charge in [0.2, 0.25) is 0 Å². The molecule has 0 aliphatic heterocycles. The molecule has 0 spiro atoms. The van der Waals surface area contributed by atoms with Gasteiger partial charge in [0, 0.05) is 13.1 Å². The summed E-state index contributed by atoms with van der Waals surface area (Å²) in [7, 11) is 0. The molecule has 6 heteroatoms. The quantitative estimate of drug-likeness (QED) is 0.614. The van der Waals surface area contributed by atoms with Crippen molar-refractivity contribution in [1.29, 1.82) is 0 Å². The van der Waals surface area contributed by atoms with Crippen LogP contribution in [0.4, 0.5) is 9.59 Å². The Morgan fingerprint density at radius 1 is 1.08 bits per heavy atom. The van der Waals surface area contributed by atoms with E-state index in [2.05, 4.69) is 0 Å². The monoisotopic (exact) mass is 188 g/mol. The summed E-state index contributed by atoms with van der Waals surface area (Å²) in [5.41, 5.74) is 10.1. The van der Waals surface area contributed by atoms with E-state index in [4.69, 9.17) is 11.5 Å². The summed E-state index contributed by atoms with van der Waals surface area (Å²) in [6.07, 6.45) is 0.715. The van der Waals surface area contributed by atoms with Gasteiger partial charge in [-0.1, -0.05) is 6.92 Å². The predicted octanol–water partition coefficient (Wildman–Crippen LogP) is 0.0927. The molecule has 0 aromatic carbocycles. The molecule has 0 aliphatic carbocycles. The van der Waals surface area contributed by atoms with Crippen LogP contribution in [0.25, 0.3) is 0 Å². The highest BCUT2D eigenvalue weighted by Gasteiger charge is 2.19. The lowest BCUT2D eigenvalue weighted by molar-refractivity contribution is 0.0589. The van der Waals surface area contributed by atoms with Crippen LogP contribution in [0.15, 0.2) is 0 Å². The van der Waals surface area contributed by atoms with Gasteiger partial charge >= 0.3 is 12.1 Å². The maximum absolute atomic E-state index is 10.9. The fourth-order valence-electron chi connectivity index (χ4n) is 1.01. The first-order chi connectivity index (χ1) is 6.04. The fourth-order valence-corrected chi connectivity index (χ4v) is 1.01. The fraction of sp³-hybridized carbons (Fsp3) is 0.714. The molecule has 4 amide bonds. The molecule has 0 radical (unpaired) electrons. The van der Waals surface area contributed by atoms with E-state index in [0.29, 0.717) is 19.5 Å². The van der Waals surface area contributed by atoms with Crippen LogP contribution < -0.4 is 11.5 Å². The molecular weight excluding hydrogens is 172 g/mol. The normalized spacial score (nSPS) is 9.38. The van der Waals surface area contributed by atoms with Gasteiger partial charge in [-0.25, -0.2) is 19.6 Å². The van der Waals surface area contributed by atoms with E-state index in [1.165, 1.54) is 0 Å². The molecule has 4 N–H and O–H groups in total. The zero-order valence-electron chi connectivity index (χ0n) is 7.99. The standard InChI is InChI=1S/C7H16N4O2/c1-3-5-11(7(9)13)10(4-2)6(8)12/h3-5H2,1-2H3,(H2,8,12)(H2,9,13). The number of carbonyl (C=O) groups is 2. The van der Waals surface area contributed by atoms with Gasteiger partial charge < -0.3 is 11.5 Å². The topological polar surface area (TPSA) is 92.7 Å². The lowest BCUT2D eigenvalue weighted by Crippen LogP contribution is -2.53. The highest BCUT2D eigenvalue weighted by molar-refractivity contribution is 5.78. The van der Waals surface area contributed by atoms with Gasteiger partial charge in [0.25, 0.3) is 0 Å². The van der Waals surface area contributed by atoms with Crippen molar-refractivity contribution in [3.8, 4) is 0 Å². The molecule has 0 atom stereocenters. The summed E-state index contributed by atoms with van der Waals surface area (Å²) in [4.78, 5) is 21.7. The highest BCUT2D eigenvalue weighted by atomic mass is 16.2. The highest BCUT2D eigenvalue weighted by Crippen LogP contribution is 1.98. The van der Waals surface area contributed by atoms with E-state index in [-0.39, 0.29) is 0 Å². The minimum absolute atomic E-state index is 0.332. The Morgan fingerprint density at radius 3 is 1.77 bits per heavy atom. The molecule has 76 valence electrons. The van der Waals surface area contributed by atoms with Crippen LogP contribution in [0.1, 0.15) is 20.3 Å². The van der Waals surface area contributed by atoms with Crippen LogP contribution in [0, 0.1) is 0 Å². The van der Waals surface area contributed by atoms with Gasteiger partial charge in [0.05, 0.1) is 0 Å².